The average Bonchev–Trinajstić information content (AvgIpc) is 4.05. The van der Waals surface area contributed by atoms with E-state index in [1.807, 2.05) is 97.8 Å². The Morgan fingerprint density at radius 2 is 0.946 bits per heavy atom. The Morgan fingerprint density at radius 1 is 0.568 bits per heavy atom. The number of ether oxygens (including phenoxy) is 2. The lowest BCUT2D eigenvalue weighted by atomic mass is 9.88. The first-order valence-electron chi connectivity index (χ1n) is 24.8. The third-order valence-electron chi connectivity index (χ3n) is 14.5. The molecular weight excluding hydrogens is 963 g/mol. The largest absolute Gasteiger partial charge is 0.495 e. The number of aromatic nitrogens is 4. The highest BCUT2D eigenvalue weighted by atomic mass is 19.2. The zero-order chi connectivity index (χ0) is 52.5. The van der Waals surface area contributed by atoms with E-state index in [1.54, 1.807) is 36.7 Å². The molecule has 0 N–H and O–H groups in total. The fourth-order valence-electron chi connectivity index (χ4n) is 10.7. The summed E-state index contributed by atoms with van der Waals surface area (Å²) in [4.78, 5) is 43.8. The van der Waals surface area contributed by atoms with E-state index in [-0.39, 0.29) is 35.0 Å². The van der Waals surface area contributed by atoms with Crippen molar-refractivity contribution in [2.75, 3.05) is 53.5 Å². The van der Waals surface area contributed by atoms with Crippen LogP contribution < -0.4 is 9.47 Å². The van der Waals surface area contributed by atoms with Crippen LogP contribution >= 0.6 is 0 Å². The number of imidazole rings is 2. The van der Waals surface area contributed by atoms with Crippen molar-refractivity contribution in [3.63, 3.8) is 0 Å². The summed E-state index contributed by atoms with van der Waals surface area (Å²) in [6.07, 6.45) is 13.5. The second kappa shape index (κ2) is 21.7. The summed E-state index contributed by atoms with van der Waals surface area (Å²) in [5.74, 6) is -7.07. The highest BCUT2D eigenvalue weighted by molar-refractivity contribution is 6.00. The molecule has 4 aliphatic heterocycles. The van der Waals surface area contributed by atoms with Crippen molar-refractivity contribution in [1.29, 1.82) is 0 Å². The average molecular weight is 1020 g/mol. The number of fused-ring (bicyclic) bond motifs is 2. The molecule has 4 aromatic carbocycles. The van der Waals surface area contributed by atoms with Gasteiger partial charge in [-0.1, -0.05) is 26.0 Å². The van der Waals surface area contributed by atoms with Crippen LogP contribution in [0.2, 0.25) is 0 Å². The molecule has 0 saturated carbocycles. The van der Waals surface area contributed by atoms with Crippen LogP contribution in [0.4, 0.5) is 26.3 Å². The number of rotatable bonds is 10. The molecule has 0 radical (unpaired) electrons. The zero-order valence-electron chi connectivity index (χ0n) is 42.1. The van der Waals surface area contributed by atoms with Crippen LogP contribution in [-0.2, 0) is 9.59 Å². The number of hydrogen-bond acceptors (Lipinski definition) is 8. The number of likely N-dealkylation sites (N-methyl/N-ethyl adjacent to an activating group) is 2. The molecule has 0 spiro atoms. The number of methoxy groups -OCH3 is 2. The Kier molecular flexibility index (Phi) is 15.2. The lowest BCUT2D eigenvalue weighted by Gasteiger charge is -2.49. The van der Waals surface area contributed by atoms with Crippen molar-refractivity contribution >= 4 is 24.0 Å². The van der Waals surface area contributed by atoms with Crippen LogP contribution in [-0.4, -0.2) is 116 Å². The first-order chi connectivity index (χ1) is 35.6. The molecule has 4 saturated heterocycles. The standard InChI is InChI=1S/2C28H29F3N4O2/c2*1-4-33-14-21-7-6-19(9-18-5-8-24(26(10-18)37-3)34-13-17(2)32-16-34)28(36)35(21)25(15-33)20-11-22(29)27(31)23(30)12-20/h2*5,8-13,16,21,25H,4,6-7,14-15H2,1-3H3/b2*19-9+/t2*21-,25-/m10/s1. The normalized spacial score (nSPS) is 21.4. The van der Waals surface area contributed by atoms with Crippen LogP contribution in [0.15, 0.2) is 96.9 Å². The topological polar surface area (TPSA) is 101 Å². The lowest BCUT2D eigenvalue weighted by Crippen LogP contribution is -2.58. The van der Waals surface area contributed by atoms with Gasteiger partial charge in [-0.3, -0.25) is 19.4 Å². The molecule has 0 unspecified atom stereocenters. The number of halogens is 6. The molecule has 6 aromatic rings. The number of aryl methyl sites for hydroxylation is 2. The van der Waals surface area contributed by atoms with Crippen LogP contribution in [0.25, 0.3) is 23.5 Å². The van der Waals surface area contributed by atoms with E-state index in [1.165, 1.54) is 0 Å². The molecular formula is C56H58F6N8O4. The molecule has 0 bridgehead atoms. The number of carbonyl (C=O) groups is 2. The summed E-state index contributed by atoms with van der Waals surface area (Å²) in [7, 11) is 3.18. The van der Waals surface area contributed by atoms with Crippen molar-refractivity contribution < 1.29 is 45.4 Å². The van der Waals surface area contributed by atoms with Gasteiger partial charge in [0.2, 0.25) is 0 Å². The molecule has 18 heteroatoms. The number of piperidine rings is 2. The molecule has 0 aliphatic carbocycles. The predicted molar refractivity (Wildman–Crippen MR) is 268 cm³/mol. The minimum Gasteiger partial charge on any atom is -0.495 e. The second-order valence-electron chi connectivity index (χ2n) is 19.2. The van der Waals surface area contributed by atoms with E-state index in [0.717, 1.165) is 84.1 Å². The number of amides is 2. The molecule has 4 aliphatic rings. The smallest absolute Gasteiger partial charge is 0.250 e. The fourth-order valence-corrected chi connectivity index (χ4v) is 10.7. The minimum absolute atomic E-state index is 0.0964. The molecule has 2 amide bonds. The minimum atomic E-state index is -1.50. The van der Waals surface area contributed by atoms with E-state index in [9.17, 15) is 35.9 Å². The van der Waals surface area contributed by atoms with Gasteiger partial charge >= 0.3 is 0 Å². The predicted octanol–water partition coefficient (Wildman–Crippen LogP) is 10.1. The van der Waals surface area contributed by atoms with Crippen molar-refractivity contribution in [1.82, 2.24) is 38.7 Å². The second-order valence-corrected chi connectivity index (χ2v) is 19.2. The van der Waals surface area contributed by atoms with Crippen molar-refractivity contribution in [2.24, 2.45) is 0 Å². The van der Waals surface area contributed by atoms with Gasteiger partial charge in [-0.15, -0.1) is 0 Å². The maximum Gasteiger partial charge on any atom is 0.250 e. The molecule has 12 nitrogen and oxygen atoms in total. The maximum atomic E-state index is 14.1. The third-order valence-corrected chi connectivity index (χ3v) is 14.5. The van der Waals surface area contributed by atoms with Gasteiger partial charge in [-0.2, -0.15) is 0 Å². The highest BCUT2D eigenvalue weighted by Crippen LogP contribution is 2.40. The summed E-state index contributed by atoms with van der Waals surface area (Å²) >= 11 is 0. The molecule has 6 heterocycles. The van der Waals surface area contributed by atoms with Gasteiger partial charge in [0.05, 0.1) is 61.7 Å². The van der Waals surface area contributed by atoms with Gasteiger partial charge in [0.1, 0.15) is 11.5 Å². The van der Waals surface area contributed by atoms with Crippen LogP contribution in [0.5, 0.6) is 11.5 Å². The first-order valence-corrected chi connectivity index (χ1v) is 24.8. The number of piperazine rings is 2. The molecule has 2 aromatic heterocycles. The number of carbonyl (C=O) groups excluding carboxylic acids is 2. The Balaban J connectivity index is 0.000000182. The Labute approximate surface area is 426 Å². The van der Waals surface area contributed by atoms with Crippen LogP contribution in [0.3, 0.4) is 0 Å². The molecule has 388 valence electrons. The Bertz CT molecular complexity index is 2900. The van der Waals surface area contributed by atoms with Gasteiger partial charge in [-0.25, -0.2) is 36.3 Å². The van der Waals surface area contributed by atoms with E-state index in [0.29, 0.717) is 61.7 Å². The summed E-state index contributed by atoms with van der Waals surface area (Å²) in [5.41, 5.74) is 6.79. The van der Waals surface area contributed by atoms with Crippen LogP contribution in [0.1, 0.15) is 85.3 Å². The van der Waals surface area contributed by atoms with Crippen molar-refractivity contribution in [3.8, 4) is 22.9 Å². The highest BCUT2D eigenvalue weighted by Gasteiger charge is 2.44. The van der Waals surface area contributed by atoms with Gasteiger partial charge < -0.3 is 28.4 Å². The van der Waals surface area contributed by atoms with Crippen LogP contribution in [0, 0.1) is 48.8 Å². The zero-order valence-corrected chi connectivity index (χ0v) is 42.1. The van der Waals surface area contributed by atoms with E-state index in [4.69, 9.17) is 9.47 Å². The summed E-state index contributed by atoms with van der Waals surface area (Å²) < 4.78 is 98.8. The summed E-state index contributed by atoms with van der Waals surface area (Å²) in [6, 6.07) is 14.1. The molecule has 4 atom stereocenters. The van der Waals surface area contributed by atoms with Gasteiger partial charge in [0, 0.05) is 61.8 Å². The number of benzene rings is 4. The number of hydrogen-bond donors (Lipinski definition) is 0. The molecule has 10 rings (SSSR count). The van der Waals surface area contributed by atoms with Gasteiger partial charge in [0.25, 0.3) is 11.8 Å². The van der Waals surface area contributed by atoms with E-state index >= 15 is 0 Å². The Hall–Kier alpha value is -7.18. The van der Waals surface area contributed by atoms with E-state index < -0.39 is 47.0 Å². The quantitative estimate of drug-likeness (QED) is 0.0760. The van der Waals surface area contributed by atoms with E-state index in [2.05, 4.69) is 19.8 Å². The number of nitrogens with zero attached hydrogens (tertiary/aromatic N) is 8. The molecule has 74 heavy (non-hydrogen) atoms. The van der Waals surface area contributed by atoms with Crippen molar-refractivity contribution in [2.45, 2.75) is 77.5 Å². The fraction of sp³-hybridized carbons (Fsp3) is 0.357. The van der Waals surface area contributed by atoms with Gasteiger partial charge in [-0.05, 0) is 136 Å². The SMILES string of the molecule is CCN1C[C@@H]2CC/C(=C\c3ccc(-n4cnc(C)c4)c(OC)c3)C(=O)N2[C@H](c2cc(F)c(F)c(F)c2)C1.CCN1C[C@H]2CC/C(=C\c3ccc(-n4cnc(C)c4)c(OC)c3)C(=O)N2[C@@H](c2cc(F)c(F)c(F)c2)C1. The summed E-state index contributed by atoms with van der Waals surface area (Å²) in [5, 5.41) is 0. The lowest BCUT2D eigenvalue weighted by molar-refractivity contribution is -0.139. The monoisotopic (exact) mass is 1020 g/mol. The maximum absolute atomic E-state index is 14.1. The third kappa shape index (κ3) is 10.5. The van der Waals surface area contributed by atoms with Gasteiger partial charge in [0.15, 0.2) is 34.9 Å². The Morgan fingerprint density at radius 3 is 1.27 bits per heavy atom. The summed E-state index contributed by atoms with van der Waals surface area (Å²) in [6.45, 7) is 11.5. The molecule has 4 fully saturated rings. The van der Waals surface area contributed by atoms with Crippen molar-refractivity contribution in [3.05, 3.63) is 165 Å². The first kappa shape index (κ1) is 51.7.